The Hall–Kier alpha value is -0.610. The largest absolute Gasteiger partial charge is 0.392 e. The molecule has 0 bridgehead atoms. The predicted octanol–water partition coefficient (Wildman–Crippen LogP) is 0.214. The first-order chi connectivity index (χ1) is 6.52. The minimum atomic E-state index is -0.415. The third-order valence-electron chi connectivity index (χ3n) is 2.16. The molecule has 0 saturated heterocycles. The van der Waals surface area contributed by atoms with E-state index in [1.807, 2.05) is 20.8 Å². The predicted molar refractivity (Wildman–Crippen MR) is 57.1 cm³/mol. The summed E-state index contributed by atoms with van der Waals surface area (Å²) >= 11 is 0. The number of aliphatic hydroxyl groups is 1. The van der Waals surface area contributed by atoms with Crippen molar-refractivity contribution in [2.75, 3.05) is 19.6 Å². The Morgan fingerprint density at radius 2 is 1.86 bits per heavy atom. The van der Waals surface area contributed by atoms with Gasteiger partial charge in [-0.3, -0.25) is 4.79 Å². The maximum atomic E-state index is 11.7. The molecule has 1 unspecified atom stereocenters. The highest BCUT2D eigenvalue weighted by Crippen LogP contribution is 1.94. The topological polar surface area (TPSA) is 52.6 Å². The number of rotatable bonds is 6. The Kier molecular flexibility index (Phi) is 6.49. The number of likely N-dealkylation sites (N-methyl/N-ethyl adjacent to an activating group) is 1. The highest BCUT2D eigenvalue weighted by molar-refractivity contribution is 5.81. The van der Waals surface area contributed by atoms with Crippen LogP contribution in [0.15, 0.2) is 0 Å². The number of hydrogen-bond donors (Lipinski definition) is 2. The molecule has 84 valence electrons. The van der Waals surface area contributed by atoms with Crippen LogP contribution in [0.4, 0.5) is 0 Å². The van der Waals surface area contributed by atoms with E-state index in [0.29, 0.717) is 6.54 Å². The fourth-order valence-corrected chi connectivity index (χ4v) is 1.24. The van der Waals surface area contributed by atoms with Crippen LogP contribution in [-0.4, -0.2) is 47.7 Å². The summed E-state index contributed by atoms with van der Waals surface area (Å²) in [5.41, 5.74) is 0. The molecule has 0 aromatic carbocycles. The van der Waals surface area contributed by atoms with Crippen LogP contribution in [-0.2, 0) is 4.79 Å². The Morgan fingerprint density at radius 1 is 1.36 bits per heavy atom. The van der Waals surface area contributed by atoms with E-state index in [9.17, 15) is 4.79 Å². The smallest absolute Gasteiger partial charge is 0.239 e. The summed E-state index contributed by atoms with van der Waals surface area (Å²) in [5, 5.41) is 12.0. The van der Waals surface area contributed by atoms with Gasteiger partial charge in [-0.2, -0.15) is 0 Å². The molecule has 4 nitrogen and oxygen atoms in total. The minimum Gasteiger partial charge on any atom is -0.392 e. The molecule has 4 heteroatoms. The number of carbonyl (C=O) groups is 1. The van der Waals surface area contributed by atoms with E-state index in [2.05, 4.69) is 5.32 Å². The lowest BCUT2D eigenvalue weighted by Crippen LogP contribution is -2.46. The van der Waals surface area contributed by atoms with E-state index < -0.39 is 6.10 Å². The Labute approximate surface area is 86.3 Å². The third-order valence-corrected chi connectivity index (χ3v) is 2.16. The molecule has 0 aliphatic heterocycles. The number of hydrogen-bond acceptors (Lipinski definition) is 3. The van der Waals surface area contributed by atoms with Crippen LogP contribution in [0.5, 0.6) is 0 Å². The van der Waals surface area contributed by atoms with Crippen LogP contribution in [0.1, 0.15) is 27.7 Å². The molecule has 0 spiro atoms. The van der Waals surface area contributed by atoms with E-state index in [-0.39, 0.29) is 11.9 Å². The van der Waals surface area contributed by atoms with Crippen molar-refractivity contribution >= 4 is 5.91 Å². The zero-order chi connectivity index (χ0) is 11.1. The van der Waals surface area contributed by atoms with Crippen molar-refractivity contribution < 1.29 is 9.90 Å². The summed E-state index contributed by atoms with van der Waals surface area (Å²) in [5.74, 6) is 0.0932. The second-order valence-electron chi connectivity index (χ2n) is 3.49. The van der Waals surface area contributed by atoms with Gasteiger partial charge in [-0.15, -0.1) is 0 Å². The Balaban J connectivity index is 3.97. The second kappa shape index (κ2) is 6.79. The van der Waals surface area contributed by atoms with Crippen LogP contribution in [0, 0.1) is 0 Å². The normalized spacial score (nSPS) is 14.9. The van der Waals surface area contributed by atoms with Crippen LogP contribution in [0.3, 0.4) is 0 Å². The molecule has 0 radical (unpaired) electrons. The molecule has 0 rings (SSSR count). The highest BCUT2D eigenvalue weighted by Gasteiger charge is 2.17. The van der Waals surface area contributed by atoms with Crippen molar-refractivity contribution in [3.05, 3.63) is 0 Å². The Morgan fingerprint density at radius 3 is 2.21 bits per heavy atom. The number of amides is 1. The van der Waals surface area contributed by atoms with Gasteiger partial charge in [0.25, 0.3) is 0 Å². The number of carbonyl (C=O) groups excluding carboxylic acids is 1. The fourth-order valence-electron chi connectivity index (χ4n) is 1.24. The van der Waals surface area contributed by atoms with E-state index in [4.69, 9.17) is 5.11 Å². The molecule has 2 atom stereocenters. The van der Waals surface area contributed by atoms with Gasteiger partial charge in [0.05, 0.1) is 12.1 Å². The quantitative estimate of drug-likeness (QED) is 0.647. The van der Waals surface area contributed by atoms with E-state index in [0.717, 1.165) is 13.1 Å². The third kappa shape index (κ3) is 4.58. The van der Waals surface area contributed by atoms with Crippen molar-refractivity contribution in [1.29, 1.82) is 0 Å². The first-order valence-corrected chi connectivity index (χ1v) is 5.23. The molecule has 14 heavy (non-hydrogen) atoms. The van der Waals surface area contributed by atoms with Gasteiger partial charge < -0.3 is 15.3 Å². The summed E-state index contributed by atoms with van der Waals surface area (Å²) in [7, 11) is 0. The molecule has 0 saturated carbocycles. The van der Waals surface area contributed by atoms with Crippen molar-refractivity contribution in [1.82, 2.24) is 10.2 Å². The summed E-state index contributed by atoms with van der Waals surface area (Å²) in [4.78, 5) is 13.5. The molecule has 0 heterocycles. The molecular weight excluding hydrogens is 180 g/mol. The van der Waals surface area contributed by atoms with E-state index in [1.54, 1.807) is 11.8 Å². The van der Waals surface area contributed by atoms with Crippen LogP contribution in [0.2, 0.25) is 0 Å². The lowest BCUT2D eigenvalue weighted by Gasteiger charge is -2.23. The maximum absolute atomic E-state index is 11.7. The van der Waals surface area contributed by atoms with Gasteiger partial charge in [-0.25, -0.2) is 0 Å². The number of aliphatic hydroxyl groups excluding tert-OH is 1. The van der Waals surface area contributed by atoms with Gasteiger partial charge in [0.2, 0.25) is 5.91 Å². The molecule has 0 aromatic heterocycles. The maximum Gasteiger partial charge on any atom is 0.239 e. The average molecular weight is 202 g/mol. The zero-order valence-corrected chi connectivity index (χ0v) is 9.58. The van der Waals surface area contributed by atoms with Gasteiger partial charge in [0, 0.05) is 19.6 Å². The lowest BCUT2D eigenvalue weighted by atomic mass is 10.2. The summed E-state index contributed by atoms with van der Waals surface area (Å²) in [6, 6.07) is -0.218. The Bertz CT molecular complexity index is 168. The van der Waals surface area contributed by atoms with Gasteiger partial charge in [-0.05, 0) is 27.7 Å². The second-order valence-corrected chi connectivity index (χ2v) is 3.49. The highest BCUT2D eigenvalue weighted by atomic mass is 16.3. The van der Waals surface area contributed by atoms with Crippen molar-refractivity contribution in [2.24, 2.45) is 0 Å². The standard InChI is InChI=1S/C10H22N2O2/c1-5-12(6-2)10(14)9(4)11-7-8(3)13/h8-9,11,13H,5-7H2,1-4H3/t8-,9?/m0/s1. The molecule has 0 fully saturated rings. The molecule has 2 N–H and O–H groups in total. The van der Waals surface area contributed by atoms with Crippen LogP contribution in [0.25, 0.3) is 0 Å². The van der Waals surface area contributed by atoms with Crippen molar-refractivity contribution in [3.8, 4) is 0 Å². The molecule has 0 aliphatic carbocycles. The van der Waals surface area contributed by atoms with E-state index >= 15 is 0 Å². The van der Waals surface area contributed by atoms with Crippen molar-refractivity contribution in [3.63, 3.8) is 0 Å². The first kappa shape index (κ1) is 13.4. The van der Waals surface area contributed by atoms with Gasteiger partial charge >= 0.3 is 0 Å². The summed E-state index contributed by atoms with van der Waals surface area (Å²) in [6.07, 6.45) is -0.415. The lowest BCUT2D eigenvalue weighted by molar-refractivity contribution is -0.132. The average Bonchev–Trinajstić information content (AvgIpc) is 2.15. The molecule has 0 aromatic rings. The molecule has 1 amide bonds. The summed E-state index contributed by atoms with van der Waals surface area (Å²) in [6.45, 7) is 9.36. The number of nitrogens with zero attached hydrogens (tertiary/aromatic N) is 1. The van der Waals surface area contributed by atoms with E-state index in [1.165, 1.54) is 0 Å². The van der Waals surface area contributed by atoms with Gasteiger partial charge in [-0.1, -0.05) is 0 Å². The first-order valence-electron chi connectivity index (χ1n) is 5.23. The summed E-state index contributed by atoms with van der Waals surface area (Å²) < 4.78 is 0. The van der Waals surface area contributed by atoms with Crippen LogP contribution < -0.4 is 5.32 Å². The van der Waals surface area contributed by atoms with Gasteiger partial charge in [0.15, 0.2) is 0 Å². The van der Waals surface area contributed by atoms with Crippen molar-refractivity contribution in [2.45, 2.75) is 39.8 Å². The molecule has 0 aliphatic rings. The molecular formula is C10H22N2O2. The SMILES string of the molecule is CCN(CC)C(=O)C(C)NC[C@H](C)O. The monoisotopic (exact) mass is 202 g/mol. The van der Waals surface area contributed by atoms with Crippen LogP contribution >= 0.6 is 0 Å². The fraction of sp³-hybridized carbons (Fsp3) is 0.900. The zero-order valence-electron chi connectivity index (χ0n) is 9.58. The van der Waals surface area contributed by atoms with Gasteiger partial charge in [0.1, 0.15) is 0 Å². The minimum absolute atomic E-state index is 0.0932. The number of nitrogens with one attached hydrogen (secondary N) is 1.